The number of para-hydroxylation sites is 1. The summed E-state index contributed by atoms with van der Waals surface area (Å²) in [5.41, 5.74) is 2.25. The fraction of sp³-hybridized carbons (Fsp3) is 0.389. The van der Waals surface area contributed by atoms with E-state index in [2.05, 4.69) is 18.3 Å². The highest BCUT2D eigenvalue weighted by molar-refractivity contribution is 5.94. The van der Waals surface area contributed by atoms with Crippen molar-refractivity contribution in [3.8, 4) is 0 Å². The first-order valence-electron chi connectivity index (χ1n) is 7.92. The highest BCUT2D eigenvalue weighted by Crippen LogP contribution is 2.35. The van der Waals surface area contributed by atoms with E-state index in [0.29, 0.717) is 12.5 Å². The van der Waals surface area contributed by atoms with E-state index in [0.717, 1.165) is 18.0 Å². The molecule has 5 heteroatoms. The number of nitrogens with zero attached hydrogens (tertiary/aromatic N) is 2. The van der Waals surface area contributed by atoms with Crippen molar-refractivity contribution in [2.45, 2.75) is 18.9 Å². The van der Waals surface area contributed by atoms with Crippen molar-refractivity contribution in [1.82, 2.24) is 10.2 Å². The molecule has 0 bridgehead atoms. The molecule has 0 saturated heterocycles. The van der Waals surface area contributed by atoms with E-state index in [1.165, 1.54) is 5.56 Å². The summed E-state index contributed by atoms with van der Waals surface area (Å²) in [5, 5.41) is 3.04. The van der Waals surface area contributed by atoms with Gasteiger partial charge in [0.05, 0.1) is 12.3 Å². The van der Waals surface area contributed by atoms with Gasteiger partial charge in [-0.05, 0) is 37.9 Å². The number of fused-ring (bicyclic) bond motifs is 1. The lowest BCUT2D eigenvalue weighted by Gasteiger charge is -2.25. The normalized spacial score (nSPS) is 18.1. The van der Waals surface area contributed by atoms with Gasteiger partial charge in [0.2, 0.25) is 0 Å². The molecule has 3 rings (SSSR count). The zero-order chi connectivity index (χ0) is 16.4. The number of furan rings is 1. The molecule has 0 spiro atoms. The van der Waals surface area contributed by atoms with Gasteiger partial charge in [0.25, 0.3) is 0 Å². The number of hydrogen-bond donors (Lipinski definition) is 1. The Morgan fingerprint density at radius 2 is 2.13 bits per heavy atom. The standard InChI is InChI=1S/C18H23N3O2/c1-13-12-21(15-8-5-4-7-14(13)15)18(22)19-11-16(20(2)3)17-9-6-10-23-17/h4-10,13,16H,11-12H2,1-3H3,(H,19,22). The van der Waals surface area contributed by atoms with Crippen LogP contribution in [0.4, 0.5) is 10.5 Å². The first-order valence-corrected chi connectivity index (χ1v) is 7.92. The molecule has 1 N–H and O–H groups in total. The number of hydrogen-bond acceptors (Lipinski definition) is 3. The molecule has 0 radical (unpaired) electrons. The number of benzene rings is 1. The Morgan fingerprint density at radius 1 is 1.35 bits per heavy atom. The van der Waals surface area contributed by atoms with Crippen LogP contribution in [0.5, 0.6) is 0 Å². The van der Waals surface area contributed by atoms with Crippen molar-refractivity contribution < 1.29 is 9.21 Å². The minimum atomic E-state index is -0.0554. The van der Waals surface area contributed by atoms with E-state index in [4.69, 9.17) is 4.42 Å². The zero-order valence-corrected chi connectivity index (χ0v) is 13.8. The molecular weight excluding hydrogens is 290 g/mol. The number of urea groups is 1. The van der Waals surface area contributed by atoms with Gasteiger partial charge in [-0.2, -0.15) is 0 Å². The van der Waals surface area contributed by atoms with Gasteiger partial charge in [-0.3, -0.25) is 9.80 Å². The van der Waals surface area contributed by atoms with Gasteiger partial charge in [-0.25, -0.2) is 4.79 Å². The molecule has 1 aliphatic heterocycles. The molecule has 2 amide bonds. The third kappa shape index (κ3) is 3.10. The Morgan fingerprint density at radius 3 is 2.83 bits per heavy atom. The van der Waals surface area contributed by atoms with E-state index < -0.39 is 0 Å². The Kier molecular flexibility index (Phi) is 4.39. The molecule has 0 fully saturated rings. The minimum Gasteiger partial charge on any atom is -0.468 e. The second-order valence-electron chi connectivity index (χ2n) is 6.25. The lowest BCUT2D eigenvalue weighted by atomic mass is 10.0. The van der Waals surface area contributed by atoms with Crippen LogP contribution in [0.1, 0.15) is 30.2 Å². The topological polar surface area (TPSA) is 48.7 Å². The molecule has 1 aromatic carbocycles. The molecule has 2 heterocycles. The van der Waals surface area contributed by atoms with E-state index in [1.807, 2.05) is 54.2 Å². The second kappa shape index (κ2) is 6.46. The molecule has 5 nitrogen and oxygen atoms in total. The van der Waals surface area contributed by atoms with Gasteiger partial charge in [0.15, 0.2) is 0 Å². The third-order valence-corrected chi connectivity index (χ3v) is 4.40. The molecule has 122 valence electrons. The Bertz CT molecular complexity index is 667. The lowest BCUT2D eigenvalue weighted by Crippen LogP contribution is -2.42. The first kappa shape index (κ1) is 15.6. The van der Waals surface area contributed by atoms with E-state index in [-0.39, 0.29) is 12.1 Å². The quantitative estimate of drug-likeness (QED) is 0.943. The maximum absolute atomic E-state index is 12.6. The SMILES string of the molecule is CC1CN(C(=O)NCC(c2ccco2)N(C)C)c2ccccc21. The van der Waals surface area contributed by atoms with Crippen LogP contribution in [0.15, 0.2) is 47.1 Å². The molecule has 0 aliphatic carbocycles. The highest BCUT2D eigenvalue weighted by Gasteiger charge is 2.30. The van der Waals surface area contributed by atoms with Crippen LogP contribution in [0.2, 0.25) is 0 Å². The average molecular weight is 313 g/mol. The van der Waals surface area contributed by atoms with Gasteiger partial charge in [0.1, 0.15) is 5.76 Å². The number of amides is 2. The van der Waals surface area contributed by atoms with E-state index in [9.17, 15) is 4.79 Å². The maximum atomic E-state index is 12.6. The molecule has 2 unspecified atom stereocenters. The van der Waals surface area contributed by atoms with Crippen molar-refractivity contribution in [2.24, 2.45) is 0 Å². The third-order valence-electron chi connectivity index (χ3n) is 4.40. The van der Waals surface area contributed by atoms with Crippen molar-refractivity contribution in [1.29, 1.82) is 0 Å². The fourth-order valence-corrected chi connectivity index (χ4v) is 3.11. The average Bonchev–Trinajstić information content (AvgIpc) is 3.16. The van der Waals surface area contributed by atoms with Crippen molar-refractivity contribution >= 4 is 11.7 Å². The van der Waals surface area contributed by atoms with E-state index >= 15 is 0 Å². The molecule has 2 aromatic rings. The van der Waals surface area contributed by atoms with Crippen LogP contribution in [-0.4, -0.2) is 38.1 Å². The predicted molar refractivity (Wildman–Crippen MR) is 90.7 cm³/mol. The highest BCUT2D eigenvalue weighted by atomic mass is 16.3. The van der Waals surface area contributed by atoms with Gasteiger partial charge in [0, 0.05) is 24.7 Å². The molecule has 2 atom stereocenters. The molecule has 1 aromatic heterocycles. The number of anilines is 1. The van der Waals surface area contributed by atoms with Crippen molar-refractivity contribution in [3.63, 3.8) is 0 Å². The predicted octanol–water partition coefficient (Wildman–Crippen LogP) is 3.22. The van der Waals surface area contributed by atoms with Gasteiger partial charge >= 0.3 is 6.03 Å². The fourth-order valence-electron chi connectivity index (χ4n) is 3.11. The Balaban J connectivity index is 1.68. The molecule has 23 heavy (non-hydrogen) atoms. The lowest BCUT2D eigenvalue weighted by molar-refractivity contribution is 0.229. The summed E-state index contributed by atoms with van der Waals surface area (Å²) in [6.45, 7) is 3.38. The first-order chi connectivity index (χ1) is 11.1. The number of rotatable bonds is 4. The summed E-state index contributed by atoms with van der Waals surface area (Å²) in [4.78, 5) is 16.5. The summed E-state index contributed by atoms with van der Waals surface area (Å²) in [6, 6.07) is 11.9. The number of nitrogens with one attached hydrogen (secondary N) is 1. The summed E-state index contributed by atoms with van der Waals surface area (Å²) in [5.74, 6) is 1.22. The Labute approximate surface area is 136 Å². The molecular formula is C18H23N3O2. The van der Waals surface area contributed by atoms with Crippen LogP contribution in [0, 0.1) is 0 Å². The van der Waals surface area contributed by atoms with Gasteiger partial charge in [-0.1, -0.05) is 25.1 Å². The molecule has 0 saturated carbocycles. The van der Waals surface area contributed by atoms with Gasteiger partial charge < -0.3 is 9.73 Å². The van der Waals surface area contributed by atoms with Crippen LogP contribution in [0.25, 0.3) is 0 Å². The van der Waals surface area contributed by atoms with E-state index in [1.54, 1.807) is 6.26 Å². The monoisotopic (exact) mass is 313 g/mol. The number of likely N-dealkylation sites (N-methyl/N-ethyl adjacent to an activating group) is 1. The summed E-state index contributed by atoms with van der Waals surface area (Å²) < 4.78 is 5.48. The van der Waals surface area contributed by atoms with Crippen molar-refractivity contribution in [3.05, 3.63) is 54.0 Å². The maximum Gasteiger partial charge on any atom is 0.321 e. The van der Waals surface area contributed by atoms with Crippen molar-refractivity contribution in [2.75, 3.05) is 32.1 Å². The van der Waals surface area contributed by atoms with Crippen LogP contribution in [0.3, 0.4) is 0 Å². The number of carbonyl (C=O) groups excluding carboxylic acids is 1. The zero-order valence-electron chi connectivity index (χ0n) is 13.8. The van der Waals surface area contributed by atoms with Gasteiger partial charge in [-0.15, -0.1) is 0 Å². The Hall–Kier alpha value is -2.27. The smallest absolute Gasteiger partial charge is 0.321 e. The van der Waals surface area contributed by atoms with Crippen LogP contribution in [-0.2, 0) is 0 Å². The summed E-state index contributed by atoms with van der Waals surface area (Å²) in [7, 11) is 3.96. The minimum absolute atomic E-state index is 0.0178. The molecule has 1 aliphatic rings. The number of carbonyl (C=O) groups is 1. The van der Waals surface area contributed by atoms with Crippen LogP contribution < -0.4 is 10.2 Å². The summed E-state index contributed by atoms with van der Waals surface area (Å²) in [6.07, 6.45) is 1.66. The second-order valence-corrected chi connectivity index (χ2v) is 6.25. The van der Waals surface area contributed by atoms with Crippen LogP contribution >= 0.6 is 0 Å². The summed E-state index contributed by atoms with van der Waals surface area (Å²) >= 11 is 0. The largest absolute Gasteiger partial charge is 0.468 e.